The molecule has 0 bridgehead atoms. The Labute approximate surface area is 105 Å². The normalized spacial score (nSPS) is 26.1. The number of aryl methyl sites for hydroxylation is 1. The standard InChI is InChI=1S/C15H24N2/c1-11-6-4-8-13(11)15(16-3)10-14-12(2)7-5-9-17-14/h5,7,9,11,13,15-16H,4,6,8,10H2,1-3H3. The summed E-state index contributed by atoms with van der Waals surface area (Å²) in [7, 11) is 2.09. The van der Waals surface area contributed by atoms with Crippen molar-refractivity contribution in [3.63, 3.8) is 0 Å². The Bertz CT molecular complexity index is 362. The maximum Gasteiger partial charge on any atom is 0.0448 e. The maximum absolute atomic E-state index is 4.52. The van der Waals surface area contributed by atoms with Crippen molar-refractivity contribution < 1.29 is 0 Å². The molecule has 94 valence electrons. The molecule has 1 fully saturated rings. The molecule has 3 unspecified atom stereocenters. The highest BCUT2D eigenvalue weighted by Crippen LogP contribution is 2.34. The largest absolute Gasteiger partial charge is 0.316 e. The quantitative estimate of drug-likeness (QED) is 0.863. The van der Waals surface area contributed by atoms with Crippen molar-refractivity contribution in [1.29, 1.82) is 0 Å². The molecular formula is C15H24N2. The van der Waals surface area contributed by atoms with E-state index in [-0.39, 0.29) is 0 Å². The second kappa shape index (κ2) is 5.63. The number of nitrogens with zero attached hydrogens (tertiary/aromatic N) is 1. The Kier molecular flexibility index (Phi) is 4.16. The zero-order valence-corrected chi connectivity index (χ0v) is 11.2. The molecule has 0 aliphatic heterocycles. The van der Waals surface area contributed by atoms with Crippen molar-refractivity contribution in [1.82, 2.24) is 10.3 Å². The van der Waals surface area contributed by atoms with Crippen molar-refractivity contribution in [3.8, 4) is 0 Å². The molecule has 1 aliphatic carbocycles. The van der Waals surface area contributed by atoms with Crippen LogP contribution in [0.3, 0.4) is 0 Å². The first-order valence-electron chi connectivity index (χ1n) is 6.80. The molecule has 2 rings (SSSR count). The molecule has 1 aliphatic rings. The molecule has 2 nitrogen and oxygen atoms in total. The Morgan fingerprint density at radius 3 is 2.88 bits per heavy atom. The summed E-state index contributed by atoms with van der Waals surface area (Å²) in [6.45, 7) is 4.56. The summed E-state index contributed by atoms with van der Waals surface area (Å²) < 4.78 is 0. The molecular weight excluding hydrogens is 208 g/mol. The van der Waals surface area contributed by atoms with Crippen molar-refractivity contribution in [2.24, 2.45) is 11.8 Å². The first-order chi connectivity index (χ1) is 8.22. The minimum atomic E-state index is 0.584. The molecule has 0 saturated heterocycles. The van der Waals surface area contributed by atoms with Gasteiger partial charge >= 0.3 is 0 Å². The summed E-state index contributed by atoms with van der Waals surface area (Å²) in [6, 6.07) is 4.76. The Hall–Kier alpha value is -0.890. The number of pyridine rings is 1. The molecule has 0 spiro atoms. The van der Waals surface area contributed by atoms with Crippen molar-refractivity contribution in [2.75, 3.05) is 7.05 Å². The van der Waals surface area contributed by atoms with Crippen LogP contribution in [0.1, 0.15) is 37.4 Å². The van der Waals surface area contributed by atoms with Crippen LogP contribution >= 0.6 is 0 Å². The van der Waals surface area contributed by atoms with Gasteiger partial charge in [-0.15, -0.1) is 0 Å². The van der Waals surface area contributed by atoms with Gasteiger partial charge in [0.05, 0.1) is 0 Å². The molecule has 1 N–H and O–H groups in total. The van der Waals surface area contributed by atoms with Gasteiger partial charge in [-0.1, -0.05) is 25.8 Å². The van der Waals surface area contributed by atoms with Gasteiger partial charge in [-0.2, -0.15) is 0 Å². The van der Waals surface area contributed by atoms with Crippen LogP contribution in [0.25, 0.3) is 0 Å². The van der Waals surface area contributed by atoms with Crippen molar-refractivity contribution in [2.45, 2.75) is 45.6 Å². The van der Waals surface area contributed by atoms with Crippen molar-refractivity contribution >= 4 is 0 Å². The number of likely N-dealkylation sites (N-methyl/N-ethyl adjacent to an activating group) is 1. The molecule has 1 aromatic heterocycles. The third-order valence-corrected chi connectivity index (χ3v) is 4.35. The van der Waals surface area contributed by atoms with E-state index in [0.717, 1.165) is 18.3 Å². The van der Waals surface area contributed by atoms with E-state index in [1.54, 1.807) is 0 Å². The summed E-state index contributed by atoms with van der Waals surface area (Å²) in [5.74, 6) is 1.68. The van der Waals surface area contributed by atoms with E-state index in [2.05, 4.69) is 37.3 Å². The Balaban J connectivity index is 2.07. The molecule has 1 heterocycles. The molecule has 0 aromatic carbocycles. The lowest BCUT2D eigenvalue weighted by Crippen LogP contribution is -2.37. The lowest BCUT2D eigenvalue weighted by atomic mass is 9.87. The van der Waals surface area contributed by atoms with Crippen molar-refractivity contribution in [3.05, 3.63) is 29.6 Å². The lowest BCUT2D eigenvalue weighted by Gasteiger charge is -2.26. The number of hydrogen-bond acceptors (Lipinski definition) is 2. The van der Waals surface area contributed by atoms with Crippen LogP contribution in [0.15, 0.2) is 18.3 Å². The predicted octanol–water partition coefficient (Wildman–Crippen LogP) is 2.96. The van der Waals surface area contributed by atoms with Gasteiger partial charge in [0.2, 0.25) is 0 Å². The second-order valence-electron chi connectivity index (χ2n) is 5.44. The number of aromatic nitrogens is 1. The summed E-state index contributed by atoms with van der Waals surface area (Å²) >= 11 is 0. The Morgan fingerprint density at radius 1 is 1.47 bits per heavy atom. The van der Waals surface area contributed by atoms with Crippen LogP contribution in [-0.4, -0.2) is 18.1 Å². The molecule has 1 aromatic rings. The molecule has 17 heavy (non-hydrogen) atoms. The van der Waals surface area contributed by atoms with Crippen LogP contribution in [0.2, 0.25) is 0 Å². The summed E-state index contributed by atoms with van der Waals surface area (Å²) in [6.07, 6.45) is 7.14. The van der Waals surface area contributed by atoms with Crippen LogP contribution < -0.4 is 5.32 Å². The zero-order valence-electron chi connectivity index (χ0n) is 11.2. The average Bonchev–Trinajstić information content (AvgIpc) is 2.75. The van der Waals surface area contributed by atoms with Gasteiger partial charge in [-0.3, -0.25) is 4.98 Å². The third-order valence-electron chi connectivity index (χ3n) is 4.35. The maximum atomic E-state index is 4.52. The number of nitrogens with one attached hydrogen (secondary N) is 1. The highest BCUT2D eigenvalue weighted by molar-refractivity contribution is 5.19. The van der Waals surface area contributed by atoms with Gasteiger partial charge in [0.15, 0.2) is 0 Å². The van der Waals surface area contributed by atoms with E-state index >= 15 is 0 Å². The fourth-order valence-corrected chi connectivity index (χ4v) is 3.18. The summed E-state index contributed by atoms with van der Waals surface area (Å²) in [5.41, 5.74) is 2.57. The first kappa shape index (κ1) is 12.6. The summed E-state index contributed by atoms with van der Waals surface area (Å²) in [5, 5.41) is 3.51. The fraction of sp³-hybridized carbons (Fsp3) is 0.667. The van der Waals surface area contributed by atoms with Gasteiger partial charge in [0.25, 0.3) is 0 Å². The molecule has 3 atom stereocenters. The van der Waals surface area contributed by atoms with Crippen LogP contribution in [0.5, 0.6) is 0 Å². The topological polar surface area (TPSA) is 24.9 Å². The second-order valence-corrected chi connectivity index (χ2v) is 5.44. The molecule has 0 amide bonds. The highest BCUT2D eigenvalue weighted by Gasteiger charge is 2.30. The molecule has 0 radical (unpaired) electrons. The predicted molar refractivity (Wildman–Crippen MR) is 72.0 cm³/mol. The van der Waals surface area contributed by atoms with Crippen LogP contribution in [-0.2, 0) is 6.42 Å². The van der Waals surface area contributed by atoms with E-state index < -0.39 is 0 Å². The van der Waals surface area contributed by atoms with E-state index in [0.29, 0.717) is 6.04 Å². The monoisotopic (exact) mass is 232 g/mol. The number of hydrogen-bond donors (Lipinski definition) is 1. The van der Waals surface area contributed by atoms with E-state index in [1.807, 2.05) is 12.3 Å². The van der Waals surface area contributed by atoms with Crippen LogP contribution in [0, 0.1) is 18.8 Å². The van der Waals surface area contributed by atoms with Gasteiger partial charge < -0.3 is 5.32 Å². The van der Waals surface area contributed by atoms with E-state index in [1.165, 1.54) is 30.5 Å². The van der Waals surface area contributed by atoms with Gasteiger partial charge in [-0.05, 0) is 43.9 Å². The molecule has 2 heteroatoms. The first-order valence-corrected chi connectivity index (χ1v) is 6.80. The fourth-order valence-electron chi connectivity index (χ4n) is 3.18. The third kappa shape index (κ3) is 2.86. The smallest absolute Gasteiger partial charge is 0.0448 e. The van der Waals surface area contributed by atoms with E-state index in [9.17, 15) is 0 Å². The minimum absolute atomic E-state index is 0.584. The average molecular weight is 232 g/mol. The Morgan fingerprint density at radius 2 is 2.29 bits per heavy atom. The number of rotatable bonds is 4. The zero-order chi connectivity index (χ0) is 12.3. The molecule has 1 saturated carbocycles. The minimum Gasteiger partial charge on any atom is -0.316 e. The van der Waals surface area contributed by atoms with Gasteiger partial charge in [0.1, 0.15) is 0 Å². The highest BCUT2D eigenvalue weighted by atomic mass is 14.9. The van der Waals surface area contributed by atoms with Crippen LogP contribution in [0.4, 0.5) is 0 Å². The van der Waals surface area contributed by atoms with Gasteiger partial charge in [-0.25, -0.2) is 0 Å². The SMILES string of the molecule is CNC(Cc1ncccc1C)C1CCCC1C. The summed E-state index contributed by atoms with van der Waals surface area (Å²) in [4.78, 5) is 4.52. The van der Waals surface area contributed by atoms with E-state index in [4.69, 9.17) is 0 Å². The van der Waals surface area contributed by atoms with Gasteiger partial charge in [0, 0.05) is 24.4 Å². The lowest BCUT2D eigenvalue weighted by molar-refractivity contribution is 0.306.